The summed E-state index contributed by atoms with van der Waals surface area (Å²) in [6.45, 7) is 8.81. The van der Waals surface area contributed by atoms with Gasteiger partial charge in [-0.3, -0.25) is 4.90 Å². The number of hydrogen-bond acceptors (Lipinski definition) is 3. The molecule has 0 radical (unpaired) electrons. The van der Waals surface area contributed by atoms with Crippen molar-refractivity contribution in [2.24, 2.45) is 5.41 Å². The van der Waals surface area contributed by atoms with Crippen molar-refractivity contribution < 1.29 is 5.11 Å². The molecular formula is C18H24ClN3O. The van der Waals surface area contributed by atoms with Gasteiger partial charge >= 0.3 is 0 Å². The van der Waals surface area contributed by atoms with Crippen molar-refractivity contribution in [3.63, 3.8) is 0 Å². The van der Waals surface area contributed by atoms with Crippen molar-refractivity contribution in [1.82, 2.24) is 14.7 Å². The van der Waals surface area contributed by atoms with Crippen LogP contribution in [0.15, 0.2) is 36.7 Å². The van der Waals surface area contributed by atoms with Crippen LogP contribution in [-0.2, 0) is 6.54 Å². The smallest absolute Gasteiger partial charge is 0.0831 e. The highest BCUT2D eigenvalue weighted by Gasteiger charge is 2.43. The normalized spacial score (nSPS) is 24.7. The maximum atomic E-state index is 10.5. The predicted octanol–water partition coefficient (Wildman–Crippen LogP) is 3.51. The van der Waals surface area contributed by atoms with Crippen LogP contribution in [-0.4, -0.2) is 38.5 Å². The molecule has 1 aromatic carbocycles. The SMILES string of the molecule is CC1(C)CN(Cc2cnn(-c3ccccc3Cl)c2)CC[C@@]1(C)O. The van der Waals surface area contributed by atoms with Crippen molar-refractivity contribution in [3.05, 3.63) is 47.2 Å². The molecule has 0 saturated carbocycles. The van der Waals surface area contributed by atoms with Crippen LogP contribution >= 0.6 is 11.6 Å². The monoisotopic (exact) mass is 333 g/mol. The molecule has 124 valence electrons. The molecule has 1 aliphatic heterocycles. The molecule has 1 aromatic heterocycles. The number of aliphatic hydroxyl groups is 1. The number of para-hydroxylation sites is 1. The molecule has 0 bridgehead atoms. The van der Waals surface area contributed by atoms with E-state index >= 15 is 0 Å². The van der Waals surface area contributed by atoms with Gasteiger partial charge in [0.2, 0.25) is 0 Å². The second-order valence-electron chi connectivity index (χ2n) is 7.36. The van der Waals surface area contributed by atoms with Crippen LogP contribution in [0, 0.1) is 5.41 Å². The average Bonchev–Trinajstić information content (AvgIpc) is 2.92. The number of piperidine rings is 1. The van der Waals surface area contributed by atoms with Crippen LogP contribution in [0.3, 0.4) is 0 Å². The Labute approximate surface area is 142 Å². The van der Waals surface area contributed by atoms with Gasteiger partial charge in [-0.15, -0.1) is 0 Å². The number of halogens is 1. The molecule has 1 fully saturated rings. The Kier molecular flexibility index (Phi) is 4.25. The minimum atomic E-state index is -0.606. The molecule has 2 heterocycles. The zero-order valence-electron chi connectivity index (χ0n) is 14.0. The molecule has 3 rings (SSSR count). The zero-order chi connectivity index (χ0) is 16.7. The first-order valence-electron chi connectivity index (χ1n) is 8.02. The Morgan fingerprint density at radius 1 is 1.26 bits per heavy atom. The molecule has 1 saturated heterocycles. The quantitative estimate of drug-likeness (QED) is 0.934. The molecule has 1 atom stereocenters. The Balaban J connectivity index is 1.72. The van der Waals surface area contributed by atoms with E-state index in [4.69, 9.17) is 11.6 Å². The summed E-state index contributed by atoms with van der Waals surface area (Å²) in [6.07, 6.45) is 4.71. The molecular weight excluding hydrogens is 310 g/mol. The summed E-state index contributed by atoms with van der Waals surface area (Å²) < 4.78 is 1.82. The van der Waals surface area contributed by atoms with Gasteiger partial charge in [0.15, 0.2) is 0 Å². The van der Waals surface area contributed by atoms with Crippen LogP contribution in [0.5, 0.6) is 0 Å². The Morgan fingerprint density at radius 2 is 2.00 bits per heavy atom. The molecule has 0 aliphatic carbocycles. The molecule has 0 unspecified atom stereocenters. The van der Waals surface area contributed by atoms with Crippen LogP contribution in [0.25, 0.3) is 5.69 Å². The van der Waals surface area contributed by atoms with Gasteiger partial charge in [-0.2, -0.15) is 5.10 Å². The van der Waals surface area contributed by atoms with Crippen LogP contribution in [0.2, 0.25) is 5.02 Å². The topological polar surface area (TPSA) is 41.3 Å². The summed E-state index contributed by atoms with van der Waals surface area (Å²) >= 11 is 6.23. The largest absolute Gasteiger partial charge is 0.390 e. The van der Waals surface area contributed by atoms with Gasteiger partial charge in [0, 0.05) is 36.8 Å². The minimum Gasteiger partial charge on any atom is -0.390 e. The standard InChI is InChI=1S/C18H24ClN3O/c1-17(2)13-21(9-8-18(17,3)23)11-14-10-20-22(12-14)16-7-5-4-6-15(16)19/h4-7,10,12,23H,8-9,11,13H2,1-3H3/t18-/m1/s1. The third-order valence-corrected chi connectivity index (χ3v) is 5.45. The molecule has 1 N–H and O–H groups in total. The van der Waals surface area contributed by atoms with Gasteiger partial charge in [0.1, 0.15) is 0 Å². The van der Waals surface area contributed by atoms with E-state index in [1.165, 1.54) is 0 Å². The summed E-state index contributed by atoms with van der Waals surface area (Å²) in [5, 5.41) is 15.6. The van der Waals surface area contributed by atoms with E-state index in [9.17, 15) is 5.11 Å². The lowest BCUT2D eigenvalue weighted by atomic mass is 9.71. The van der Waals surface area contributed by atoms with Crippen molar-refractivity contribution in [2.75, 3.05) is 13.1 Å². The molecule has 4 nitrogen and oxygen atoms in total. The summed E-state index contributed by atoms with van der Waals surface area (Å²) in [7, 11) is 0. The van der Waals surface area contributed by atoms with E-state index in [0.29, 0.717) is 5.02 Å². The third-order valence-electron chi connectivity index (χ3n) is 5.13. The van der Waals surface area contributed by atoms with E-state index in [-0.39, 0.29) is 5.41 Å². The molecule has 5 heteroatoms. The lowest BCUT2D eigenvalue weighted by Crippen LogP contribution is -2.55. The number of rotatable bonds is 3. The predicted molar refractivity (Wildman–Crippen MR) is 92.9 cm³/mol. The second kappa shape index (κ2) is 5.93. The van der Waals surface area contributed by atoms with E-state index in [1.807, 2.05) is 48.3 Å². The second-order valence-corrected chi connectivity index (χ2v) is 7.77. The highest BCUT2D eigenvalue weighted by atomic mass is 35.5. The molecule has 2 aromatic rings. The Bertz CT molecular complexity index is 693. The fourth-order valence-corrected chi connectivity index (χ4v) is 3.35. The minimum absolute atomic E-state index is 0.121. The first-order chi connectivity index (χ1) is 10.8. The number of hydrogen-bond donors (Lipinski definition) is 1. The maximum absolute atomic E-state index is 10.5. The zero-order valence-corrected chi connectivity index (χ0v) is 14.7. The van der Waals surface area contributed by atoms with Crippen LogP contribution in [0.1, 0.15) is 32.8 Å². The van der Waals surface area contributed by atoms with E-state index in [1.54, 1.807) is 0 Å². The summed E-state index contributed by atoms with van der Waals surface area (Å²) in [5.74, 6) is 0. The van der Waals surface area contributed by atoms with Gasteiger partial charge in [-0.25, -0.2) is 4.68 Å². The average molecular weight is 334 g/mol. The van der Waals surface area contributed by atoms with Gasteiger partial charge in [-0.1, -0.05) is 37.6 Å². The van der Waals surface area contributed by atoms with Crippen molar-refractivity contribution in [3.8, 4) is 5.69 Å². The van der Waals surface area contributed by atoms with Crippen LogP contribution < -0.4 is 0 Å². The molecule has 1 aliphatic rings. The first-order valence-corrected chi connectivity index (χ1v) is 8.39. The van der Waals surface area contributed by atoms with Crippen LogP contribution in [0.4, 0.5) is 0 Å². The van der Waals surface area contributed by atoms with Gasteiger partial charge in [0.25, 0.3) is 0 Å². The first kappa shape index (κ1) is 16.5. The Hall–Kier alpha value is -1.36. The highest BCUT2D eigenvalue weighted by molar-refractivity contribution is 6.32. The van der Waals surface area contributed by atoms with Gasteiger partial charge in [-0.05, 0) is 25.5 Å². The highest BCUT2D eigenvalue weighted by Crippen LogP contribution is 2.38. The third kappa shape index (κ3) is 3.30. The molecule has 0 amide bonds. The van der Waals surface area contributed by atoms with Crippen molar-refractivity contribution >= 4 is 11.6 Å². The summed E-state index contributed by atoms with van der Waals surface area (Å²) in [4.78, 5) is 2.38. The Morgan fingerprint density at radius 3 is 2.70 bits per heavy atom. The van der Waals surface area contributed by atoms with Crippen molar-refractivity contribution in [2.45, 2.75) is 39.3 Å². The fourth-order valence-electron chi connectivity index (χ4n) is 3.13. The summed E-state index contributed by atoms with van der Waals surface area (Å²) in [6, 6.07) is 7.70. The lowest BCUT2D eigenvalue weighted by Gasteiger charge is -2.48. The fraction of sp³-hybridized carbons (Fsp3) is 0.500. The number of nitrogens with zero attached hydrogens (tertiary/aromatic N) is 3. The van der Waals surface area contributed by atoms with Crippen molar-refractivity contribution in [1.29, 1.82) is 0 Å². The summed E-state index contributed by atoms with van der Waals surface area (Å²) in [5.41, 5.74) is 1.32. The van der Waals surface area contributed by atoms with E-state index in [0.717, 1.165) is 37.3 Å². The number of benzene rings is 1. The number of aromatic nitrogens is 2. The molecule has 0 spiro atoms. The van der Waals surface area contributed by atoms with Gasteiger partial charge < -0.3 is 5.11 Å². The maximum Gasteiger partial charge on any atom is 0.0831 e. The van der Waals surface area contributed by atoms with Gasteiger partial charge in [0.05, 0.1) is 22.5 Å². The number of likely N-dealkylation sites (tertiary alicyclic amines) is 1. The molecule has 23 heavy (non-hydrogen) atoms. The lowest BCUT2D eigenvalue weighted by molar-refractivity contribution is -0.107. The van der Waals surface area contributed by atoms with E-state index in [2.05, 4.69) is 23.8 Å². The van der Waals surface area contributed by atoms with E-state index < -0.39 is 5.60 Å².